The average molecular weight is 155 g/mol. The van der Waals surface area contributed by atoms with Crippen LogP contribution >= 0.6 is 0 Å². The lowest BCUT2D eigenvalue weighted by Crippen LogP contribution is -2.35. The second-order valence-electron chi connectivity index (χ2n) is 4.00. The van der Waals surface area contributed by atoms with Crippen LogP contribution in [0.5, 0.6) is 0 Å². The fraction of sp³-hybridized carbons (Fsp3) is 1.00. The normalized spacial score (nSPS) is 35.2. The number of nitrogens with one attached hydrogen (secondary N) is 1. The first-order chi connectivity index (χ1) is 5.25. The van der Waals surface area contributed by atoms with Crippen LogP contribution in [0.25, 0.3) is 0 Å². The van der Waals surface area contributed by atoms with Gasteiger partial charge in [-0.1, -0.05) is 26.2 Å². The Morgan fingerprint density at radius 2 is 1.91 bits per heavy atom. The van der Waals surface area contributed by atoms with Crippen LogP contribution in [-0.2, 0) is 0 Å². The molecule has 0 aromatic rings. The van der Waals surface area contributed by atoms with Crippen LogP contribution in [0.4, 0.5) is 0 Å². The molecule has 0 amide bonds. The van der Waals surface area contributed by atoms with Gasteiger partial charge in [0.15, 0.2) is 0 Å². The third-order valence-corrected chi connectivity index (χ3v) is 3.28. The zero-order valence-electron chi connectivity index (χ0n) is 8.06. The van der Waals surface area contributed by atoms with E-state index in [0.717, 1.165) is 11.8 Å². The molecule has 0 aliphatic heterocycles. The number of hydrogen-bond acceptors (Lipinski definition) is 1. The van der Waals surface area contributed by atoms with Crippen molar-refractivity contribution in [2.75, 3.05) is 7.05 Å². The maximum Gasteiger partial charge on any atom is 0.00665 e. The summed E-state index contributed by atoms with van der Waals surface area (Å²) in [4.78, 5) is 0. The Morgan fingerprint density at radius 1 is 1.27 bits per heavy atom. The molecule has 1 rings (SSSR count). The molecule has 1 heteroatoms. The highest BCUT2D eigenvalue weighted by atomic mass is 14.9. The van der Waals surface area contributed by atoms with Crippen molar-refractivity contribution in [2.24, 2.45) is 11.8 Å². The molecule has 1 nitrogen and oxygen atoms in total. The van der Waals surface area contributed by atoms with Crippen LogP contribution in [0.15, 0.2) is 0 Å². The largest absolute Gasteiger partial charge is 0.317 e. The zero-order chi connectivity index (χ0) is 8.27. The summed E-state index contributed by atoms with van der Waals surface area (Å²) < 4.78 is 0. The second kappa shape index (κ2) is 4.10. The minimum atomic E-state index is 0.713. The average Bonchev–Trinajstić information content (AvgIpc) is 2.04. The molecule has 0 radical (unpaired) electrons. The first-order valence-corrected chi connectivity index (χ1v) is 4.93. The predicted octanol–water partition coefficient (Wildman–Crippen LogP) is 2.42. The van der Waals surface area contributed by atoms with Crippen molar-refractivity contribution in [3.8, 4) is 0 Å². The fourth-order valence-corrected chi connectivity index (χ4v) is 2.30. The van der Waals surface area contributed by atoms with Crippen molar-refractivity contribution in [3.05, 3.63) is 0 Å². The Labute approximate surface area is 70.6 Å². The molecular weight excluding hydrogens is 134 g/mol. The predicted molar refractivity (Wildman–Crippen MR) is 49.6 cm³/mol. The summed E-state index contributed by atoms with van der Waals surface area (Å²) in [6.45, 7) is 4.71. The molecule has 0 spiro atoms. The van der Waals surface area contributed by atoms with E-state index in [9.17, 15) is 0 Å². The van der Waals surface area contributed by atoms with E-state index < -0.39 is 0 Å². The SMILES string of the molecule is CN[C@@H](C)[C@H]1CCCC[C@H]1C. The molecule has 1 N–H and O–H groups in total. The highest BCUT2D eigenvalue weighted by Gasteiger charge is 2.24. The van der Waals surface area contributed by atoms with Crippen LogP contribution in [0, 0.1) is 11.8 Å². The summed E-state index contributed by atoms with van der Waals surface area (Å²) in [7, 11) is 2.08. The molecular formula is C10H21N. The van der Waals surface area contributed by atoms with Gasteiger partial charge in [0.1, 0.15) is 0 Å². The Balaban J connectivity index is 2.40. The van der Waals surface area contributed by atoms with E-state index in [0.29, 0.717) is 6.04 Å². The van der Waals surface area contributed by atoms with Crippen molar-refractivity contribution in [2.45, 2.75) is 45.6 Å². The van der Waals surface area contributed by atoms with Crippen LogP contribution in [0.3, 0.4) is 0 Å². The van der Waals surface area contributed by atoms with Crippen molar-refractivity contribution in [1.29, 1.82) is 0 Å². The van der Waals surface area contributed by atoms with Gasteiger partial charge in [-0.3, -0.25) is 0 Å². The van der Waals surface area contributed by atoms with Gasteiger partial charge in [-0.2, -0.15) is 0 Å². The molecule has 66 valence electrons. The van der Waals surface area contributed by atoms with Gasteiger partial charge in [0.25, 0.3) is 0 Å². The first kappa shape index (κ1) is 9.05. The molecule has 11 heavy (non-hydrogen) atoms. The van der Waals surface area contributed by atoms with Gasteiger partial charge in [0.05, 0.1) is 0 Å². The molecule has 0 aromatic carbocycles. The molecule has 0 heterocycles. The lowest BCUT2D eigenvalue weighted by atomic mass is 9.77. The summed E-state index contributed by atoms with van der Waals surface area (Å²) in [5.74, 6) is 1.86. The van der Waals surface area contributed by atoms with Gasteiger partial charge in [-0.05, 0) is 32.2 Å². The van der Waals surface area contributed by atoms with Crippen molar-refractivity contribution in [1.82, 2.24) is 5.32 Å². The van der Waals surface area contributed by atoms with Gasteiger partial charge in [0.2, 0.25) is 0 Å². The van der Waals surface area contributed by atoms with Gasteiger partial charge < -0.3 is 5.32 Å². The monoisotopic (exact) mass is 155 g/mol. The summed E-state index contributed by atoms with van der Waals surface area (Å²) >= 11 is 0. The fourth-order valence-electron chi connectivity index (χ4n) is 2.30. The topological polar surface area (TPSA) is 12.0 Å². The molecule has 1 aliphatic carbocycles. The Hall–Kier alpha value is -0.0400. The van der Waals surface area contributed by atoms with Crippen molar-refractivity contribution >= 4 is 0 Å². The minimum Gasteiger partial charge on any atom is -0.317 e. The molecule has 1 fully saturated rings. The lowest BCUT2D eigenvalue weighted by Gasteiger charge is -2.33. The Bertz CT molecular complexity index is 107. The molecule has 0 unspecified atom stereocenters. The van der Waals surface area contributed by atoms with Crippen molar-refractivity contribution in [3.63, 3.8) is 0 Å². The zero-order valence-corrected chi connectivity index (χ0v) is 8.06. The highest BCUT2D eigenvalue weighted by molar-refractivity contribution is 4.79. The lowest BCUT2D eigenvalue weighted by molar-refractivity contribution is 0.209. The minimum absolute atomic E-state index is 0.713. The van der Waals surface area contributed by atoms with E-state index in [4.69, 9.17) is 0 Å². The number of rotatable bonds is 2. The van der Waals surface area contributed by atoms with E-state index in [2.05, 4.69) is 26.2 Å². The van der Waals surface area contributed by atoms with Gasteiger partial charge >= 0.3 is 0 Å². The van der Waals surface area contributed by atoms with Crippen LogP contribution in [0.1, 0.15) is 39.5 Å². The summed E-state index contributed by atoms with van der Waals surface area (Å²) in [6, 6.07) is 0.713. The summed E-state index contributed by atoms with van der Waals surface area (Å²) in [5, 5.41) is 3.37. The van der Waals surface area contributed by atoms with Gasteiger partial charge in [-0.25, -0.2) is 0 Å². The quantitative estimate of drug-likeness (QED) is 0.645. The van der Waals surface area contributed by atoms with Crippen LogP contribution in [-0.4, -0.2) is 13.1 Å². The van der Waals surface area contributed by atoms with Gasteiger partial charge in [0, 0.05) is 6.04 Å². The Kier molecular flexibility index (Phi) is 3.38. The first-order valence-electron chi connectivity index (χ1n) is 4.93. The molecule has 1 aliphatic rings. The van der Waals surface area contributed by atoms with Crippen LogP contribution < -0.4 is 5.32 Å². The van der Waals surface area contributed by atoms with Crippen LogP contribution in [0.2, 0.25) is 0 Å². The third kappa shape index (κ3) is 2.19. The smallest absolute Gasteiger partial charge is 0.00665 e. The van der Waals surface area contributed by atoms with E-state index in [1.54, 1.807) is 0 Å². The molecule has 1 saturated carbocycles. The molecule has 0 bridgehead atoms. The van der Waals surface area contributed by atoms with Crippen molar-refractivity contribution < 1.29 is 0 Å². The Morgan fingerprint density at radius 3 is 2.45 bits per heavy atom. The highest BCUT2D eigenvalue weighted by Crippen LogP contribution is 2.31. The summed E-state index contributed by atoms with van der Waals surface area (Å²) in [6.07, 6.45) is 5.77. The molecule has 0 aromatic heterocycles. The maximum atomic E-state index is 3.37. The van der Waals surface area contributed by atoms with E-state index in [1.807, 2.05) is 0 Å². The van der Waals surface area contributed by atoms with Gasteiger partial charge in [-0.15, -0.1) is 0 Å². The number of hydrogen-bond donors (Lipinski definition) is 1. The summed E-state index contributed by atoms with van der Waals surface area (Å²) in [5.41, 5.74) is 0. The second-order valence-corrected chi connectivity index (χ2v) is 4.00. The molecule has 0 saturated heterocycles. The third-order valence-electron chi connectivity index (χ3n) is 3.28. The van der Waals surface area contributed by atoms with E-state index in [1.165, 1.54) is 25.7 Å². The molecule has 3 atom stereocenters. The maximum absolute atomic E-state index is 3.37. The van der Waals surface area contributed by atoms with E-state index in [-0.39, 0.29) is 0 Å². The standard InChI is InChI=1S/C10H21N/c1-8-6-4-5-7-10(8)9(2)11-3/h8-11H,4-7H2,1-3H3/t8-,9+,10+/m1/s1. The van der Waals surface area contributed by atoms with E-state index >= 15 is 0 Å².